The van der Waals surface area contributed by atoms with E-state index in [1.54, 1.807) is 0 Å². The van der Waals surface area contributed by atoms with Crippen molar-refractivity contribution < 1.29 is 17.9 Å². The molecule has 0 saturated carbocycles. The highest BCUT2D eigenvalue weighted by molar-refractivity contribution is 5.27. The van der Waals surface area contributed by atoms with Crippen molar-refractivity contribution in [3.05, 3.63) is 47.0 Å². The topological polar surface area (TPSA) is 9.23 Å². The van der Waals surface area contributed by atoms with Gasteiger partial charge in [-0.2, -0.15) is 13.2 Å². The second kappa shape index (κ2) is 6.00. The lowest BCUT2D eigenvalue weighted by Gasteiger charge is -2.25. The summed E-state index contributed by atoms with van der Waals surface area (Å²) < 4.78 is 43.6. The van der Waals surface area contributed by atoms with Crippen LogP contribution in [0.4, 0.5) is 13.2 Å². The van der Waals surface area contributed by atoms with Crippen LogP contribution < -0.4 is 0 Å². The summed E-state index contributed by atoms with van der Waals surface area (Å²) in [7, 11) is 0. The minimum atomic E-state index is -4.29. The first kappa shape index (κ1) is 15.1. The van der Waals surface area contributed by atoms with Gasteiger partial charge in [0.15, 0.2) is 0 Å². The minimum Gasteiger partial charge on any atom is -0.370 e. The van der Waals surface area contributed by atoms with E-state index in [-0.39, 0.29) is 12.2 Å². The van der Waals surface area contributed by atoms with E-state index in [4.69, 9.17) is 4.74 Å². The van der Waals surface area contributed by atoms with Crippen molar-refractivity contribution in [2.75, 3.05) is 0 Å². The highest BCUT2D eigenvalue weighted by Crippen LogP contribution is 2.33. The first-order chi connectivity index (χ1) is 9.36. The second-order valence-corrected chi connectivity index (χ2v) is 5.39. The maximum absolute atomic E-state index is 12.6. The molecule has 0 N–H and O–H groups in total. The lowest BCUT2D eigenvalue weighted by atomic mass is 9.98. The maximum atomic E-state index is 12.6. The van der Waals surface area contributed by atoms with Crippen LogP contribution in [-0.2, 0) is 10.9 Å². The molecule has 1 aromatic rings. The predicted octanol–water partition coefficient (Wildman–Crippen LogP) is 5.28. The summed E-state index contributed by atoms with van der Waals surface area (Å²) in [6.45, 7) is 4.04. The minimum absolute atomic E-state index is 0.117. The Labute approximate surface area is 117 Å². The van der Waals surface area contributed by atoms with Crippen LogP contribution in [0.5, 0.6) is 0 Å². The number of halogens is 3. The molecule has 1 aromatic carbocycles. The molecule has 0 bridgehead atoms. The van der Waals surface area contributed by atoms with Crippen LogP contribution in [0, 0.1) is 0 Å². The van der Waals surface area contributed by atoms with E-state index in [1.165, 1.54) is 17.7 Å². The Morgan fingerprint density at radius 2 is 1.80 bits per heavy atom. The molecule has 0 saturated heterocycles. The molecule has 0 radical (unpaired) electrons. The normalized spacial score (nSPS) is 27.4. The molecule has 20 heavy (non-hydrogen) atoms. The van der Waals surface area contributed by atoms with E-state index in [0.29, 0.717) is 0 Å². The molecule has 0 fully saturated rings. The van der Waals surface area contributed by atoms with Gasteiger partial charge in [0, 0.05) is 0 Å². The number of allylic oxidation sites excluding steroid dienone is 1. The number of rotatable bonds is 1. The van der Waals surface area contributed by atoms with E-state index in [2.05, 4.69) is 6.08 Å². The van der Waals surface area contributed by atoms with Crippen molar-refractivity contribution in [1.29, 1.82) is 0 Å². The van der Waals surface area contributed by atoms with Gasteiger partial charge in [0.2, 0.25) is 0 Å². The molecule has 0 unspecified atom stereocenters. The van der Waals surface area contributed by atoms with E-state index >= 15 is 0 Å². The Balaban J connectivity index is 2.20. The molecule has 1 aliphatic rings. The Morgan fingerprint density at radius 3 is 2.40 bits per heavy atom. The van der Waals surface area contributed by atoms with Gasteiger partial charge in [0.25, 0.3) is 0 Å². The first-order valence-electron chi connectivity index (χ1n) is 6.84. The highest BCUT2D eigenvalue weighted by atomic mass is 19.4. The fourth-order valence-corrected chi connectivity index (χ4v) is 2.42. The maximum Gasteiger partial charge on any atom is 0.416 e. The van der Waals surface area contributed by atoms with Crippen molar-refractivity contribution in [1.82, 2.24) is 0 Å². The lowest BCUT2D eigenvalue weighted by molar-refractivity contribution is -0.137. The molecule has 1 nitrogen and oxygen atoms in total. The Bertz CT molecular complexity index is 473. The first-order valence-corrected chi connectivity index (χ1v) is 6.84. The molecule has 0 aliphatic carbocycles. The van der Waals surface area contributed by atoms with Crippen LogP contribution >= 0.6 is 0 Å². The molecule has 2 rings (SSSR count). The van der Waals surface area contributed by atoms with Gasteiger partial charge in [-0.05, 0) is 50.8 Å². The van der Waals surface area contributed by atoms with Crippen LogP contribution in [0.1, 0.15) is 50.3 Å². The quantitative estimate of drug-likeness (QED) is 0.637. The number of hydrogen-bond donors (Lipinski definition) is 0. The number of hydrogen-bond acceptors (Lipinski definition) is 1. The van der Waals surface area contributed by atoms with Gasteiger partial charge in [-0.1, -0.05) is 23.8 Å². The lowest BCUT2D eigenvalue weighted by Crippen LogP contribution is -2.16. The van der Waals surface area contributed by atoms with E-state index in [9.17, 15) is 13.2 Å². The summed E-state index contributed by atoms with van der Waals surface area (Å²) in [6, 6.07) is 5.30. The van der Waals surface area contributed by atoms with Crippen LogP contribution in [0.25, 0.3) is 0 Å². The molecular formula is C16H19F3O. The molecule has 0 spiro atoms. The highest BCUT2D eigenvalue weighted by Gasteiger charge is 2.30. The standard InChI is InChI=1S/C16H19F3O/c1-11-4-3-5-12(2)20-15(10-11)13-6-8-14(9-7-13)16(17,18)19/h4,6-9,12,15H,3,5,10H2,1-2H3/b11-4-/t12-,15-/m0/s1. The van der Waals surface area contributed by atoms with Crippen LogP contribution in [0.2, 0.25) is 0 Å². The molecule has 110 valence electrons. The van der Waals surface area contributed by atoms with Crippen molar-refractivity contribution in [3.63, 3.8) is 0 Å². The Morgan fingerprint density at radius 1 is 1.15 bits per heavy atom. The number of benzene rings is 1. The van der Waals surface area contributed by atoms with Gasteiger partial charge in [-0.3, -0.25) is 0 Å². The van der Waals surface area contributed by atoms with E-state index in [1.807, 2.05) is 13.8 Å². The van der Waals surface area contributed by atoms with Gasteiger partial charge < -0.3 is 4.74 Å². The van der Waals surface area contributed by atoms with Crippen molar-refractivity contribution in [2.24, 2.45) is 0 Å². The zero-order valence-corrected chi connectivity index (χ0v) is 11.7. The van der Waals surface area contributed by atoms with Crippen molar-refractivity contribution >= 4 is 0 Å². The predicted molar refractivity (Wildman–Crippen MR) is 72.3 cm³/mol. The molecular weight excluding hydrogens is 265 g/mol. The van der Waals surface area contributed by atoms with Gasteiger partial charge in [0.1, 0.15) is 0 Å². The Kier molecular flexibility index (Phi) is 4.53. The average Bonchev–Trinajstić information content (AvgIpc) is 2.35. The fraction of sp³-hybridized carbons (Fsp3) is 0.500. The van der Waals surface area contributed by atoms with Gasteiger partial charge in [-0.15, -0.1) is 0 Å². The summed E-state index contributed by atoms with van der Waals surface area (Å²) in [6.07, 6.45) is 0.520. The van der Waals surface area contributed by atoms with E-state index in [0.717, 1.165) is 37.0 Å². The third-order valence-electron chi connectivity index (χ3n) is 3.58. The second-order valence-electron chi connectivity index (χ2n) is 5.39. The van der Waals surface area contributed by atoms with Crippen LogP contribution in [0.15, 0.2) is 35.9 Å². The van der Waals surface area contributed by atoms with E-state index < -0.39 is 11.7 Å². The smallest absolute Gasteiger partial charge is 0.370 e. The van der Waals surface area contributed by atoms with Gasteiger partial charge in [0.05, 0.1) is 17.8 Å². The summed E-state index contributed by atoms with van der Waals surface area (Å²) in [5, 5.41) is 0. The molecule has 0 amide bonds. The SMILES string of the molecule is C/C1=C/CC[C@H](C)O[C@H](c2ccc(C(F)(F)F)cc2)C1. The van der Waals surface area contributed by atoms with Crippen molar-refractivity contribution in [2.45, 2.75) is 51.5 Å². The summed E-state index contributed by atoms with van der Waals surface area (Å²) >= 11 is 0. The number of alkyl halides is 3. The zero-order chi connectivity index (χ0) is 14.8. The van der Waals surface area contributed by atoms with Gasteiger partial charge >= 0.3 is 6.18 Å². The Hall–Kier alpha value is -1.29. The third-order valence-corrected chi connectivity index (χ3v) is 3.58. The van der Waals surface area contributed by atoms with Crippen molar-refractivity contribution in [3.8, 4) is 0 Å². The van der Waals surface area contributed by atoms with Crippen LogP contribution in [-0.4, -0.2) is 6.10 Å². The molecule has 4 heteroatoms. The molecule has 1 heterocycles. The summed E-state index contributed by atoms with van der Waals surface area (Å²) in [4.78, 5) is 0. The van der Waals surface area contributed by atoms with Crippen LogP contribution in [0.3, 0.4) is 0 Å². The van der Waals surface area contributed by atoms with Gasteiger partial charge in [-0.25, -0.2) is 0 Å². The molecule has 1 aliphatic heterocycles. The third kappa shape index (κ3) is 3.85. The fourth-order valence-electron chi connectivity index (χ4n) is 2.42. The number of ether oxygens (including phenoxy) is 1. The summed E-state index contributed by atoms with van der Waals surface area (Å²) in [5.74, 6) is 0. The molecule has 2 atom stereocenters. The largest absolute Gasteiger partial charge is 0.416 e. The monoisotopic (exact) mass is 284 g/mol. The molecule has 0 aromatic heterocycles. The zero-order valence-electron chi connectivity index (χ0n) is 11.7. The summed E-state index contributed by atoms with van der Waals surface area (Å²) in [5.41, 5.74) is 1.41. The average molecular weight is 284 g/mol.